The molecule has 0 aliphatic rings. The van der Waals surface area contributed by atoms with Gasteiger partial charge >= 0.3 is 6.18 Å². The zero-order chi connectivity index (χ0) is 20.7. The number of hydrogen-bond acceptors (Lipinski definition) is 3. The Morgan fingerprint density at radius 2 is 1.86 bits per heavy atom. The summed E-state index contributed by atoms with van der Waals surface area (Å²) in [6.07, 6.45) is -0.136. The number of carbonyl (C=O) groups is 2. The molecule has 148 valence electrons. The van der Waals surface area contributed by atoms with Crippen LogP contribution >= 0.6 is 11.8 Å². The zero-order valence-electron chi connectivity index (χ0n) is 15.3. The van der Waals surface area contributed by atoms with Crippen LogP contribution in [0.2, 0.25) is 0 Å². The highest BCUT2D eigenvalue weighted by molar-refractivity contribution is 7.98. The third-order valence-corrected chi connectivity index (χ3v) is 4.57. The van der Waals surface area contributed by atoms with Crippen LogP contribution in [0.15, 0.2) is 59.5 Å². The number of likely N-dealkylation sites (N-methyl/N-ethyl adjacent to an activating group) is 1. The smallest absolute Gasteiger partial charge is 0.333 e. The summed E-state index contributed by atoms with van der Waals surface area (Å²) in [7, 11) is 1.44. The predicted octanol–water partition coefficient (Wildman–Crippen LogP) is 4.54. The van der Waals surface area contributed by atoms with Crippen molar-refractivity contribution < 1.29 is 22.8 Å². The van der Waals surface area contributed by atoms with E-state index in [1.54, 1.807) is 12.1 Å². The Morgan fingerprint density at radius 1 is 1.14 bits per heavy atom. The Morgan fingerprint density at radius 3 is 2.54 bits per heavy atom. The lowest BCUT2D eigenvalue weighted by Gasteiger charge is -2.16. The Labute approximate surface area is 165 Å². The molecule has 28 heavy (non-hydrogen) atoms. The van der Waals surface area contributed by atoms with Crippen LogP contribution in [-0.4, -0.2) is 36.6 Å². The van der Waals surface area contributed by atoms with E-state index in [1.807, 2.05) is 18.4 Å². The van der Waals surface area contributed by atoms with E-state index in [0.717, 1.165) is 23.1 Å². The number of anilines is 1. The summed E-state index contributed by atoms with van der Waals surface area (Å²) in [6.45, 7) is -0.186. The molecule has 0 unspecified atom stereocenters. The summed E-state index contributed by atoms with van der Waals surface area (Å²) in [5.41, 5.74) is 0.109. The van der Waals surface area contributed by atoms with Gasteiger partial charge < -0.3 is 10.2 Å². The van der Waals surface area contributed by atoms with Crippen molar-refractivity contribution in [2.75, 3.05) is 25.2 Å². The fourth-order valence-electron chi connectivity index (χ4n) is 2.34. The highest BCUT2D eigenvalue weighted by Crippen LogP contribution is 2.29. The largest absolute Gasteiger partial charge is 0.416 e. The summed E-state index contributed by atoms with van der Waals surface area (Å²) in [6, 6.07) is 11.9. The van der Waals surface area contributed by atoms with Gasteiger partial charge in [0, 0.05) is 18.0 Å². The van der Waals surface area contributed by atoms with E-state index < -0.39 is 17.6 Å². The van der Waals surface area contributed by atoms with Crippen LogP contribution in [-0.2, 0) is 15.8 Å². The topological polar surface area (TPSA) is 49.4 Å². The lowest BCUT2D eigenvalue weighted by Crippen LogP contribution is -2.33. The van der Waals surface area contributed by atoms with Gasteiger partial charge in [0.25, 0.3) is 0 Å². The fourth-order valence-corrected chi connectivity index (χ4v) is 2.90. The first kappa shape index (κ1) is 21.6. The molecule has 0 heterocycles. The van der Waals surface area contributed by atoms with Crippen LogP contribution in [0.4, 0.5) is 18.9 Å². The van der Waals surface area contributed by atoms with Crippen LogP contribution in [0, 0.1) is 0 Å². The van der Waals surface area contributed by atoms with Crippen LogP contribution in [0.25, 0.3) is 6.08 Å². The number of amides is 2. The maximum Gasteiger partial charge on any atom is 0.416 e. The Balaban J connectivity index is 1.97. The summed E-state index contributed by atoms with van der Waals surface area (Å²) in [5.74, 6) is -0.865. The average molecular weight is 408 g/mol. The fraction of sp³-hybridized carbons (Fsp3) is 0.200. The van der Waals surface area contributed by atoms with Crippen molar-refractivity contribution in [2.45, 2.75) is 11.1 Å². The molecule has 0 radical (unpaired) electrons. The average Bonchev–Trinajstić information content (AvgIpc) is 2.66. The molecule has 2 aromatic carbocycles. The van der Waals surface area contributed by atoms with Crippen molar-refractivity contribution in [3.63, 3.8) is 0 Å². The predicted molar refractivity (Wildman–Crippen MR) is 105 cm³/mol. The second kappa shape index (κ2) is 9.45. The molecule has 0 aliphatic heterocycles. The van der Waals surface area contributed by atoms with Crippen LogP contribution < -0.4 is 5.32 Å². The first-order valence-corrected chi connectivity index (χ1v) is 9.46. The van der Waals surface area contributed by atoms with E-state index in [2.05, 4.69) is 5.32 Å². The van der Waals surface area contributed by atoms with Gasteiger partial charge in [-0.25, -0.2) is 0 Å². The summed E-state index contributed by atoms with van der Waals surface area (Å²) >= 11 is 1.48. The Hall–Kier alpha value is -2.74. The van der Waals surface area contributed by atoms with Crippen molar-refractivity contribution in [1.29, 1.82) is 0 Å². The molecule has 0 fully saturated rings. The van der Waals surface area contributed by atoms with Gasteiger partial charge in [0.2, 0.25) is 11.8 Å². The highest BCUT2D eigenvalue weighted by atomic mass is 32.2. The number of halogens is 3. The number of rotatable bonds is 6. The molecule has 0 saturated carbocycles. The molecule has 2 rings (SSSR count). The lowest BCUT2D eigenvalue weighted by atomic mass is 10.1. The third kappa shape index (κ3) is 6.16. The van der Waals surface area contributed by atoms with Gasteiger partial charge in [0.15, 0.2) is 0 Å². The standard InChI is InChI=1S/C20H19F3N2O2S/c1-25(13-18(26)24-16-8-3-4-9-17(16)28-2)19(27)11-10-14-6-5-7-15(12-14)20(21,22)23/h3-12H,13H2,1-2H3,(H,24,26)/b11-10+. The van der Waals surface area contributed by atoms with E-state index in [4.69, 9.17) is 0 Å². The number of alkyl halides is 3. The number of thioether (sulfide) groups is 1. The van der Waals surface area contributed by atoms with Crippen molar-refractivity contribution in [2.24, 2.45) is 0 Å². The molecule has 4 nitrogen and oxygen atoms in total. The van der Waals surface area contributed by atoms with Crippen LogP contribution in [0.1, 0.15) is 11.1 Å². The van der Waals surface area contributed by atoms with E-state index in [0.29, 0.717) is 5.69 Å². The van der Waals surface area contributed by atoms with Crippen molar-refractivity contribution in [1.82, 2.24) is 4.90 Å². The van der Waals surface area contributed by atoms with Gasteiger partial charge in [-0.3, -0.25) is 9.59 Å². The molecule has 0 bridgehead atoms. The summed E-state index contributed by atoms with van der Waals surface area (Å²) in [5, 5.41) is 2.74. The van der Waals surface area contributed by atoms with E-state index in [1.165, 1.54) is 41.9 Å². The molecular weight excluding hydrogens is 389 g/mol. The van der Waals surface area contributed by atoms with E-state index in [9.17, 15) is 22.8 Å². The molecule has 0 aliphatic carbocycles. The van der Waals surface area contributed by atoms with Gasteiger partial charge in [-0.1, -0.05) is 24.3 Å². The number of nitrogens with zero attached hydrogens (tertiary/aromatic N) is 1. The highest BCUT2D eigenvalue weighted by Gasteiger charge is 2.30. The maximum atomic E-state index is 12.7. The van der Waals surface area contributed by atoms with Gasteiger partial charge in [-0.2, -0.15) is 13.2 Å². The van der Waals surface area contributed by atoms with Crippen molar-refractivity contribution >= 4 is 35.3 Å². The lowest BCUT2D eigenvalue weighted by molar-refractivity contribution is -0.137. The van der Waals surface area contributed by atoms with Crippen LogP contribution in [0.3, 0.4) is 0 Å². The SMILES string of the molecule is CSc1ccccc1NC(=O)CN(C)C(=O)/C=C/c1cccc(C(F)(F)F)c1. The second-order valence-electron chi connectivity index (χ2n) is 5.90. The minimum Gasteiger partial charge on any atom is -0.333 e. The van der Waals surface area contributed by atoms with Gasteiger partial charge in [-0.15, -0.1) is 11.8 Å². The van der Waals surface area contributed by atoms with E-state index in [-0.39, 0.29) is 18.0 Å². The first-order chi connectivity index (χ1) is 13.2. The Bertz CT molecular complexity index is 882. The first-order valence-electron chi connectivity index (χ1n) is 8.24. The van der Waals surface area contributed by atoms with E-state index >= 15 is 0 Å². The monoisotopic (exact) mass is 408 g/mol. The van der Waals surface area contributed by atoms with Gasteiger partial charge in [0.05, 0.1) is 17.8 Å². The number of para-hydroxylation sites is 1. The quantitative estimate of drug-likeness (QED) is 0.564. The number of hydrogen-bond donors (Lipinski definition) is 1. The normalized spacial score (nSPS) is 11.5. The van der Waals surface area contributed by atoms with Crippen molar-refractivity contribution in [3.8, 4) is 0 Å². The zero-order valence-corrected chi connectivity index (χ0v) is 16.1. The molecule has 2 aromatic rings. The number of carbonyl (C=O) groups excluding carboxylic acids is 2. The van der Waals surface area contributed by atoms with Crippen LogP contribution in [0.5, 0.6) is 0 Å². The number of nitrogens with one attached hydrogen (secondary N) is 1. The molecular formula is C20H19F3N2O2S. The maximum absolute atomic E-state index is 12.7. The molecule has 0 saturated heterocycles. The third-order valence-electron chi connectivity index (χ3n) is 3.77. The molecule has 0 aromatic heterocycles. The van der Waals surface area contributed by atoms with Gasteiger partial charge in [0.1, 0.15) is 0 Å². The second-order valence-corrected chi connectivity index (χ2v) is 6.75. The van der Waals surface area contributed by atoms with Crippen molar-refractivity contribution in [3.05, 3.63) is 65.7 Å². The Kier molecular flexibility index (Phi) is 7.28. The molecule has 8 heteroatoms. The molecule has 0 atom stereocenters. The summed E-state index contributed by atoms with van der Waals surface area (Å²) in [4.78, 5) is 26.4. The molecule has 0 spiro atoms. The molecule has 1 N–H and O–H groups in total. The molecule has 2 amide bonds. The minimum absolute atomic E-state index is 0.186. The van der Waals surface area contributed by atoms with Gasteiger partial charge in [-0.05, 0) is 42.2 Å². The summed E-state index contributed by atoms with van der Waals surface area (Å²) < 4.78 is 38.2. The number of benzene rings is 2. The minimum atomic E-state index is -4.45.